The van der Waals surface area contributed by atoms with Crippen LogP contribution in [-0.4, -0.2) is 71.1 Å². The van der Waals surface area contributed by atoms with Crippen molar-refractivity contribution in [3.63, 3.8) is 0 Å². The first-order valence-corrected chi connectivity index (χ1v) is 6.48. The maximum Gasteiger partial charge on any atom is 0.257 e. The van der Waals surface area contributed by atoms with Gasteiger partial charge in [-0.15, -0.1) is 0 Å². The Morgan fingerprint density at radius 2 is 2.11 bits per heavy atom. The minimum Gasteiger partial charge on any atom is -0.355 e. The first-order chi connectivity index (χ1) is 9.20. The van der Waals surface area contributed by atoms with Crippen LogP contribution in [0.2, 0.25) is 0 Å². The Bertz CT molecular complexity index is 423. The number of nitrogens with zero attached hydrogens (tertiary/aromatic N) is 3. The summed E-state index contributed by atoms with van der Waals surface area (Å²) in [6, 6.07) is 0. The Morgan fingerprint density at radius 1 is 1.37 bits per heavy atom. The summed E-state index contributed by atoms with van der Waals surface area (Å²) in [6.45, 7) is 5.69. The van der Waals surface area contributed by atoms with Crippen LogP contribution in [0.25, 0.3) is 0 Å². The Balaban J connectivity index is 1.79. The minimum atomic E-state index is -0.00795. The summed E-state index contributed by atoms with van der Waals surface area (Å²) in [6.07, 6.45) is 3.13. The van der Waals surface area contributed by atoms with Crippen molar-refractivity contribution in [2.75, 3.05) is 39.3 Å². The van der Waals surface area contributed by atoms with Crippen molar-refractivity contribution in [3.8, 4) is 0 Å². The summed E-state index contributed by atoms with van der Waals surface area (Å²) < 4.78 is 0. The Labute approximate surface area is 111 Å². The number of rotatable bonds is 4. The standard InChI is InChI=1S/C12H19N5O2/c1-2-13-11(18)9-16-3-5-17(6-4-16)12(19)10-7-14-15-8-10/h7-8H,2-6,9H2,1H3,(H,13,18)(H,14,15). The fourth-order valence-electron chi connectivity index (χ4n) is 2.12. The van der Waals surface area contributed by atoms with E-state index in [1.165, 1.54) is 6.20 Å². The molecule has 1 saturated heterocycles. The zero-order chi connectivity index (χ0) is 13.7. The molecule has 0 saturated carbocycles. The predicted octanol–water partition coefficient (Wildman–Crippen LogP) is -0.696. The lowest BCUT2D eigenvalue weighted by Crippen LogP contribution is -2.51. The second-order valence-electron chi connectivity index (χ2n) is 4.51. The van der Waals surface area contributed by atoms with Crippen LogP contribution < -0.4 is 5.32 Å². The van der Waals surface area contributed by atoms with Gasteiger partial charge in [-0.2, -0.15) is 5.10 Å². The highest BCUT2D eigenvalue weighted by molar-refractivity contribution is 5.93. The number of hydrogen-bond donors (Lipinski definition) is 2. The fourth-order valence-corrected chi connectivity index (χ4v) is 2.12. The molecule has 0 radical (unpaired) electrons. The lowest BCUT2D eigenvalue weighted by atomic mass is 10.2. The van der Waals surface area contributed by atoms with Gasteiger partial charge in [0.1, 0.15) is 0 Å². The molecule has 104 valence electrons. The molecule has 2 amide bonds. The highest BCUT2D eigenvalue weighted by Gasteiger charge is 2.23. The van der Waals surface area contributed by atoms with Crippen LogP contribution in [0.3, 0.4) is 0 Å². The van der Waals surface area contributed by atoms with E-state index >= 15 is 0 Å². The number of nitrogens with one attached hydrogen (secondary N) is 2. The number of amides is 2. The molecule has 7 heteroatoms. The molecule has 0 aromatic carbocycles. The maximum absolute atomic E-state index is 12.1. The quantitative estimate of drug-likeness (QED) is 0.754. The molecule has 2 heterocycles. The highest BCUT2D eigenvalue weighted by atomic mass is 16.2. The average molecular weight is 265 g/mol. The molecule has 0 bridgehead atoms. The van der Waals surface area contributed by atoms with E-state index in [9.17, 15) is 9.59 Å². The van der Waals surface area contributed by atoms with E-state index in [0.717, 1.165) is 13.1 Å². The van der Waals surface area contributed by atoms with Gasteiger partial charge in [0.25, 0.3) is 5.91 Å². The molecule has 1 aromatic rings. The van der Waals surface area contributed by atoms with Gasteiger partial charge in [-0.3, -0.25) is 19.6 Å². The molecule has 0 spiro atoms. The van der Waals surface area contributed by atoms with Gasteiger partial charge in [0, 0.05) is 38.9 Å². The Hall–Kier alpha value is -1.89. The average Bonchev–Trinajstić information content (AvgIpc) is 2.93. The Kier molecular flexibility index (Phi) is 4.51. The zero-order valence-electron chi connectivity index (χ0n) is 11.1. The number of hydrogen-bond acceptors (Lipinski definition) is 4. The molecule has 0 aliphatic carbocycles. The molecule has 1 aliphatic rings. The summed E-state index contributed by atoms with van der Waals surface area (Å²) in [5.74, 6) is 0.0310. The van der Waals surface area contributed by atoms with Gasteiger partial charge in [0.2, 0.25) is 5.91 Å². The topological polar surface area (TPSA) is 81.3 Å². The number of piperazine rings is 1. The second kappa shape index (κ2) is 6.33. The summed E-state index contributed by atoms with van der Waals surface area (Å²) >= 11 is 0. The van der Waals surface area contributed by atoms with Crippen molar-refractivity contribution in [1.29, 1.82) is 0 Å². The molecule has 1 fully saturated rings. The minimum absolute atomic E-state index is 0.00795. The van der Waals surface area contributed by atoms with Crippen LogP contribution >= 0.6 is 0 Å². The SMILES string of the molecule is CCNC(=O)CN1CCN(C(=O)c2cn[nH]c2)CC1. The van der Waals surface area contributed by atoms with Gasteiger partial charge >= 0.3 is 0 Å². The summed E-state index contributed by atoms with van der Waals surface area (Å²) in [7, 11) is 0. The number of aromatic amines is 1. The molecule has 1 aliphatic heterocycles. The number of carbonyl (C=O) groups is 2. The number of carbonyl (C=O) groups excluding carboxylic acids is 2. The maximum atomic E-state index is 12.1. The lowest BCUT2D eigenvalue weighted by molar-refractivity contribution is -0.122. The van der Waals surface area contributed by atoms with Crippen LogP contribution in [0.1, 0.15) is 17.3 Å². The van der Waals surface area contributed by atoms with Gasteiger partial charge in [-0.25, -0.2) is 0 Å². The third kappa shape index (κ3) is 3.54. The van der Waals surface area contributed by atoms with Crippen LogP contribution in [0.4, 0.5) is 0 Å². The molecule has 19 heavy (non-hydrogen) atoms. The first kappa shape index (κ1) is 13.5. The van der Waals surface area contributed by atoms with Gasteiger partial charge < -0.3 is 10.2 Å². The third-order valence-corrected chi connectivity index (χ3v) is 3.15. The molecule has 2 rings (SSSR count). The highest BCUT2D eigenvalue weighted by Crippen LogP contribution is 2.07. The fraction of sp³-hybridized carbons (Fsp3) is 0.583. The van der Waals surface area contributed by atoms with Crippen LogP contribution in [0.15, 0.2) is 12.4 Å². The lowest BCUT2D eigenvalue weighted by Gasteiger charge is -2.34. The zero-order valence-corrected chi connectivity index (χ0v) is 11.1. The van der Waals surface area contributed by atoms with Crippen LogP contribution in [0.5, 0.6) is 0 Å². The van der Waals surface area contributed by atoms with Crippen molar-refractivity contribution >= 4 is 11.8 Å². The molecule has 2 N–H and O–H groups in total. The van der Waals surface area contributed by atoms with Crippen molar-refractivity contribution in [3.05, 3.63) is 18.0 Å². The van der Waals surface area contributed by atoms with E-state index in [1.54, 1.807) is 11.1 Å². The number of likely N-dealkylation sites (N-methyl/N-ethyl adjacent to an activating group) is 1. The summed E-state index contributed by atoms with van der Waals surface area (Å²) in [5.41, 5.74) is 0.581. The van der Waals surface area contributed by atoms with Gasteiger partial charge in [0.05, 0.1) is 18.3 Å². The summed E-state index contributed by atoms with van der Waals surface area (Å²) in [4.78, 5) is 27.4. The van der Waals surface area contributed by atoms with Crippen LogP contribution in [0, 0.1) is 0 Å². The van der Waals surface area contributed by atoms with Gasteiger partial charge in [-0.05, 0) is 6.92 Å². The monoisotopic (exact) mass is 265 g/mol. The van der Waals surface area contributed by atoms with E-state index in [2.05, 4.69) is 20.4 Å². The van der Waals surface area contributed by atoms with Crippen molar-refractivity contribution < 1.29 is 9.59 Å². The smallest absolute Gasteiger partial charge is 0.257 e. The molecular formula is C12H19N5O2. The van der Waals surface area contributed by atoms with E-state index in [0.29, 0.717) is 31.7 Å². The van der Waals surface area contributed by atoms with Gasteiger partial charge in [-0.1, -0.05) is 0 Å². The third-order valence-electron chi connectivity index (χ3n) is 3.15. The van der Waals surface area contributed by atoms with E-state index in [4.69, 9.17) is 0 Å². The van der Waals surface area contributed by atoms with Crippen molar-refractivity contribution in [2.45, 2.75) is 6.92 Å². The van der Waals surface area contributed by atoms with Gasteiger partial charge in [0.15, 0.2) is 0 Å². The van der Waals surface area contributed by atoms with Crippen molar-refractivity contribution in [1.82, 2.24) is 25.3 Å². The molecule has 0 unspecified atom stereocenters. The predicted molar refractivity (Wildman–Crippen MR) is 69.6 cm³/mol. The second-order valence-corrected chi connectivity index (χ2v) is 4.51. The number of aromatic nitrogens is 2. The molecular weight excluding hydrogens is 246 g/mol. The normalized spacial score (nSPS) is 16.4. The number of H-pyrrole nitrogens is 1. The van der Waals surface area contributed by atoms with Crippen LogP contribution in [-0.2, 0) is 4.79 Å². The Morgan fingerprint density at radius 3 is 2.68 bits per heavy atom. The van der Waals surface area contributed by atoms with E-state index < -0.39 is 0 Å². The summed E-state index contributed by atoms with van der Waals surface area (Å²) in [5, 5.41) is 9.19. The first-order valence-electron chi connectivity index (χ1n) is 6.48. The van der Waals surface area contributed by atoms with E-state index in [1.807, 2.05) is 6.92 Å². The molecule has 1 aromatic heterocycles. The largest absolute Gasteiger partial charge is 0.355 e. The molecule has 0 atom stereocenters. The van der Waals surface area contributed by atoms with Crippen molar-refractivity contribution in [2.24, 2.45) is 0 Å². The van der Waals surface area contributed by atoms with E-state index in [-0.39, 0.29) is 11.8 Å². The molecule has 7 nitrogen and oxygen atoms in total.